The number of nitrogens with two attached hydrogens (primary N) is 1. The van der Waals surface area contributed by atoms with Gasteiger partial charge in [-0.2, -0.15) is 9.97 Å². The first-order valence-electron chi connectivity index (χ1n) is 8.85. The highest BCUT2D eigenvalue weighted by molar-refractivity contribution is 5.76. The van der Waals surface area contributed by atoms with E-state index in [-0.39, 0.29) is 31.4 Å². The maximum Gasteiger partial charge on any atom is 0.307 e. The molecule has 0 unspecified atom stereocenters. The second-order valence-electron chi connectivity index (χ2n) is 6.13. The third-order valence-electron chi connectivity index (χ3n) is 4.11. The lowest BCUT2D eigenvalue weighted by atomic mass is 9.98. The Kier molecular flexibility index (Phi) is 6.11. The first-order valence-corrected chi connectivity index (χ1v) is 8.85. The number of fused-ring (bicyclic) bond motifs is 1. The molecule has 0 radical (unpaired) electrons. The Labute approximate surface area is 151 Å². The quantitative estimate of drug-likeness (QED) is 0.449. The molecule has 0 bridgehead atoms. The molecule has 140 valence electrons. The SMILES string of the molecule is CCC(=O)OCOCc1cnc2nc(N)nc(OC3CCCCC3)c2n1. The van der Waals surface area contributed by atoms with Gasteiger partial charge in [0.25, 0.3) is 0 Å². The summed E-state index contributed by atoms with van der Waals surface area (Å²) in [6.07, 6.45) is 7.46. The van der Waals surface area contributed by atoms with Crippen molar-refractivity contribution in [2.75, 3.05) is 12.5 Å². The van der Waals surface area contributed by atoms with Gasteiger partial charge in [0.1, 0.15) is 6.10 Å². The van der Waals surface area contributed by atoms with Crippen LogP contribution in [0.4, 0.5) is 5.95 Å². The fraction of sp³-hybridized carbons (Fsp3) is 0.588. The lowest BCUT2D eigenvalue weighted by Crippen LogP contribution is -2.21. The van der Waals surface area contributed by atoms with Crippen molar-refractivity contribution in [2.24, 2.45) is 0 Å². The average molecular weight is 361 g/mol. The topological polar surface area (TPSA) is 122 Å². The molecule has 26 heavy (non-hydrogen) atoms. The van der Waals surface area contributed by atoms with E-state index < -0.39 is 0 Å². The molecule has 2 heterocycles. The second kappa shape index (κ2) is 8.70. The summed E-state index contributed by atoms with van der Waals surface area (Å²) in [6, 6.07) is 0. The van der Waals surface area contributed by atoms with Gasteiger partial charge in [-0.15, -0.1) is 0 Å². The van der Waals surface area contributed by atoms with E-state index in [1.807, 2.05) is 0 Å². The lowest BCUT2D eigenvalue weighted by Gasteiger charge is -2.22. The van der Waals surface area contributed by atoms with Gasteiger partial charge in [-0.3, -0.25) is 4.79 Å². The van der Waals surface area contributed by atoms with E-state index in [2.05, 4.69) is 19.9 Å². The Morgan fingerprint density at radius 3 is 2.81 bits per heavy atom. The molecule has 2 aromatic rings. The van der Waals surface area contributed by atoms with Crippen LogP contribution in [0.15, 0.2) is 6.20 Å². The van der Waals surface area contributed by atoms with Crippen LogP contribution in [-0.2, 0) is 20.9 Å². The first-order chi connectivity index (χ1) is 12.7. The number of aromatic nitrogens is 4. The second-order valence-corrected chi connectivity index (χ2v) is 6.13. The number of hydrogen-bond acceptors (Lipinski definition) is 9. The number of carbonyl (C=O) groups is 1. The molecule has 1 saturated carbocycles. The van der Waals surface area contributed by atoms with E-state index in [1.165, 1.54) is 6.42 Å². The van der Waals surface area contributed by atoms with Gasteiger partial charge >= 0.3 is 5.97 Å². The zero-order chi connectivity index (χ0) is 18.4. The van der Waals surface area contributed by atoms with E-state index in [0.717, 1.165) is 25.7 Å². The number of ether oxygens (including phenoxy) is 3. The largest absolute Gasteiger partial charge is 0.473 e. The van der Waals surface area contributed by atoms with Gasteiger partial charge in [-0.05, 0) is 25.7 Å². The van der Waals surface area contributed by atoms with Crippen LogP contribution < -0.4 is 10.5 Å². The van der Waals surface area contributed by atoms with Gasteiger partial charge in [-0.25, -0.2) is 9.97 Å². The molecule has 0 saturated heterocycles. The van der Waals surface area contributed by atoms with E-state index >= 15 is 0 Å². The normalized spacial score (nSPS) is 15.1. The average Bonchev–Trinajstić information content (AvgIpc) is 2.66. The fourth-order valence-electron chi connectivity index (χ4n) is 2.78. The Balaban J connectivity index is 1.72. The molecule has 2 aromatic heterocycles. The highest BCUT2D eigenvalue weighted by Crippen LogP contribution is 2.26. The van der Waals surface area contributed by atoms with Crippen molar-refractivity contribution in [3.05, 3.63) is 11.9 Å². The molecule has 0 spiro atoms. The minimum atomic E-state index is -0.318. The molecular weight excluding hydrogens is 338 g/mol. The number of hydrogen-bond donors (Lipinski definition) is 1. The predicted octanol–water partition coefficient (Wildman–Crippen LogP) is 2.14. The van der Waals surface area contributed by atoms with Crippen molar-refractivity contribution in [1.82, 2.24) is 19.9 Å². The van der Waals surface area contributed by atoms with Crippen molar-refractivity contribution in [3.8, 4) is 5.88 Å². The minimum absolute atomic E-state index is 0.105. The molecule has 2 N–H and O–H groups in total. The van der Waals surface area contributed by atoms with Crippen LogP contribution in [0.25, 0.3) is 11.2 Å². The number of nitrogens with zero attached hydrogens (tertiary/aromatic N) is 4. The van der Waals surface area contributed by atoms with Crippen LogP contribution in [0.2, 0.25) is 0 Å². The van der Waals surface area contributed by atoms with Gasteiger partial charge in [0.05, 0.1) is 18.5 Å². The molecule has 1 fully saturated rings. The predicted molar refractivity (Wildman–Crippen MR) is 93.1 cm³/mol. The van der Waals surface area contributed by atoms with E-state index in [4.69, 9.17) is 19.9 Å². The molecule has 9 heteroatoms. The Morgan fingerprint density at radius 2 is 2.04 bits per heavy atom. The summed E-state index contributed by atoms with van der Waals surface area (Å²) in [5.41, 5.74) is 7.16. The van der Waals surface area contributed by atoms with Crippen LogP contribution >= 0.6 is 0 Å². The molecule has 0 amide bonds. The number of nitrogen functional groups attached to an aromatic ring is 1. The number of rotatable bonds is 7. The molecule has 0 aromatic carbocycles. The van der Waals surface area contributed by atoms with E-state index in [1.54, 1.807) is 13.1 Å². The van der Waals surface area contributed by atoms with E-state index in [9.17, 15) is 4.79 Å². The van der Waals surface area contributed by atoms with Gasteiger partial charge < -0.3 is 19.9 Å². The van der Waals surface area contributed by atoms with Crippen molar-refractivity contribution < 1.29 is 19.0 Å². The monoisotopic (exact) mass is 361 g/mol. The molecule has 3 rings (SSSR count). The molecule has 0 aliphatic heterocycles. The number of anilines is 1. The van der Waals surface area contributed by atoms with Gasteiger partial charge in [0.2, 0.25) is 11.8 Å². The third-order valence-corrected chi connectivity index (χ3v) is 4.11. The summed E-state index contributed by atoms with van der Waals surface area (Å²) in [7, 11) is 0. The molecular formula is C17H23N5O4. The fourth-order valence-corrected chi connectivity index (χ4v) is 2.78. The smallest absolute Gasteiger partial charge is 0.307 e. The van der Waals surface area contributed by atoms with Gasteiger partial charge in [0, 0.05) is 6.42 Å². The van der Waals surface area contributed by atoms with Crippen LogP contribution in [-0.4, -0.2) is 38.8 Å². The van der Waals surface area contributed by atoms with Crippen molar-refractivity contribution in [1.29, 1.82) is 0 Å². The Morgan fingerprint density at radius 1 is 1.23 bits per heavy atom. The summed E-state index contributed by atoms with van der Waals surface area (Å²) >= 11 is 0. The molecule has 1 aliphatic carbocycles. The van der Waals surface area contributed by atoms with Crippen LogP contribution in [0, 0.1) is 0 Å². The molecule has 0 atom stereocenters. The van der Waals surface area contributed by atoms with Gasteiger partial charge in [-0.1, -0.05) is 13.3 Å². The maximum atomic E-state index is 11.1. The van der Waals surface area contributed by atoms with Crippen LogP contribution in [0.3, 0.4) is 0 Å². The summed E-state index contributed by atoms with van der Waals surface area (Å²) < 4.78 is 16.2. The van der Waals surface area contributed by atoms with Crippen molar-refractivity contribution >= 4 is 23.1 Å². The summed E-state index contributed by atoms with van der Waals surface area (Å²) in [6.45, 7) is 1.74. The standard InChI is InChI=1S/C17H23N5O4/c1-2-13(23)25-10-24-9-11-8-19-15-14(20-11)16(22-17(18)21-15)26-12-6-4-3-5-7-12/h8,12H,2-7,9-10H2,1H3,(H2,18,19,21,22). The maximum absolute atomic E-state index is 11.1. The number of esters is 1. The zero-order valence-corrected chi connectivity index (χ0v) is 14.8. The summed E-state index contributed by atoms with van der Waals surface area (Å²) in [5.74, 6) is 0.140. The highest BCUT2D eigenvalue weighted by atomic mass is 16.7. The number of carbonyl (C=O) groups excluding carboxylic acids is 1. The lowest BCUT2D eigenvalue weighted by molar-refractivity contribution is -0.156. The van der Waals surface area contributed by atoms with Crippen molar-refractivity contribution in [3.63, 3.8) is 0 Å². The van der Waals surface area contributed by atoms with Gasteiger partial charge in [0.15, 0.2) is 18.0 Å². The Bertz CT molecular complexity index is 764. The summed E-state index contributed by atoms with van der Waals surface area (Å²) in [5, 5.41) is 0. The van der Waals surface area contributed by atoms with Crippen LogP contribution in [0.1, 0.15) is 51.1 Å². The molecule has 9 nitrogen and oxygen atoms in total. The third kappa shape index (κ3) is 4.75. The highest BCUT2D eigenvalue weighted by Gasteiger charge is 2.19. The first kappa shape index (κ1) is 18.2. The van der Waals surface area contributed by atoms with Crippen LogP contribution in [0.5, 0.6) is 5.88 Å². The summed E-state index contributed by atoms with van der Waals surface area (Å²) in [4.78, 5) is 28.1. The zero-order valence-electron chi connectivity index (χ0n) is 14.8. The molecule has 1 aliphatic rings. The van der Waals surface area contributed by atoms with E-state index in [0.29, 0.717) is 29.2 Å². The Hall–Kier alpha value is -2.55. The minimum Gasteiger partial charge on any atom is -0.473 e. The van der Waals surface area contributed by atoms with Crippen molar-refractivity contribution in [2.45, 2.75) is 58.2 Å².